The second-order valence-electron chi connectivity index (χ2n) is 15.1. The number of aliphatic hydroxyl groups excluding tert-OH is 2. The molecule has 1 saturated heterocycles. The number of aliphatic hydroxyl groups is 2. The van der Waals surface area contributed by atoms with Crippen molar-refractivity contribution in [3.05, 3.63) is 0 Å². The topological polar surface area (TPSA) is 82.1 Å². The Balaban J connectivity index is 1.87. The zero-order valence-corrected chi connectivity index (χ0v) is 31.8. The number of carbonyl (C=O) groups excluding carboxylic acids is 1. The summed E-state index contributed by atoms with van der Waals surface area (Å²) in [6.07, 6.45) is 43.5. The maximum atomic E-state index is 12.5. The van der Waals surface area contributed by atoms with Crippen LogP contribution < -0.4 is 5.32 Å². The summed E-state index contributed by atoms with van der Waals surface area (Å²) in [5.41, 5.74) is 0. The molecule has 0 aromatic heterocycles. The Morgan fingerprint density at radius 1 is 0.532 bits per heavy atom. The van der Waals surface area contributed by atoms with Crippen molar-refractivity contribution in [1.82, 2.24) is 5.32 Å². The zero-order valence-electron chi connectivity index (χ0n) is 31.8. The molecule has 1 fully saturated rings. The van der Waals surface area contributed by atoms with Gasteiger partial charge in [-0.25, -0.2) is 0 Å². The summed E-state index contributed by atoms with van der Waals surface area (Å²) in [6, 6.07) is -0.408. The molecule has 5 nitrogen and oxygen atoms in total. The van der Waals surface area contributed by atoms with Gasteiger partial charge in [0.2, 0.25) is 5.91 Å². The van der Waals surface area contributed by atoms with Crippen LogP contribution in [-0.2, 0) is 9.53 Å². The molecule has 0 aliphatic carbocycles. The second-order valence-corrected chi connectivity index (χ2v) is 15.1. The summed E-state index contributed by atoms with van der Waals surface area (Å²) >= 11 is 0. The van der Waals surface area contributed by atoms with Crippen molar-refractivity contribution in [3.8, 4) is 0 Å². The van der Waals surface area contributed by atoms with Crippen molar-refractivity contribution in [1.29, 1.82) is 0 Å². The molecule has 0 unspecified atom stereocenters. The van der Waals surface area contributed by atoms with Crippen LogP contribution in [0.2, 0.25) is 0 Å². The number of rotatable bonds is 38. The third-order valence-corrected chi connectivity index (χ3v) is 10.5. The Kier molecular flexibility index (Phi) is 31.9. The van der Waals surface area contributed by atoms with Gasteiger partial charge in [-0.2, -0.15) is 0 Å². The zero-order chi connectivity index (χ0) is 34.0. The molecule has 1 amide bonds. The molecular formula is C42H83NO4. The predicted molar refractivity (Wildman–Crippen MR) is 202 cm³/mol. The van der Waals surface area contributed by atoms with E-state index in [1.54, 1.807) is 0 Å². The highest BCUT2D eigenvalue weighted by Gasteiger charge is 2.44. The first-order chi connectivity index (χ1) is 23.1. The maximum absolute atomic E-state index is 12.5. The van der Waals surface area contributed by atoms with Gasteiger partial charge in [0, 0.05) is 0 Å². The lowest BCUT2D eigenvalue weighted by Gasteiger charge is -2.17. The molecule has 0 aromatic rings. The third-order valence-electron chi connectivity index (χ3n) is 10.5. The van der Waals surface area contributed by atoms with E-state index in [1.165, 1.54) is 186 Å². The van der Waals surface area contributed by atoms with Crippen LogP contribution >= 0.6 is 0 Å². The van der Waals surface area contributed by atoms with E-state index in [4.69, 9.17) is 4.74 Å². The molecule has 0 saturated carbocycles. The standard InChI is InChI=1S/C42H83NO4/c1-3-5-7-9-11-13-15-17-18-19-20-21-22-23-24-25-27-29-31-33-35-39(45)42(46)43-38(37-44)41-40(47-41)36-34-32-30-28-26-16-14-12-10-8-6-4-2/h38-41,44-45H,3-37H2,1-2H3,(H,43,46)/t38-,39-,40+,41-/m0/s1. The maximum Gasteiger partial charge on any atom is 0.249 e. The number of epoxide rings is 1. The van der Waals surface area contributed by atoms with Crippen LogP contribution in [0.1, 0.15) is 232 Å². The highest BCUT2D eigenvalue weighted by Crippen LogP contribution is 2.30. The first kappa shape index (κ1) is 44.4. The molecule has 1 aliphatic heterocycles. The molecule has 0 bridgehead atoms. The minimum Gasteiger partial charge on any atom is -0.394 e. The van der Waals surface area contributed by atoms with Crippen LogP contribution in [0, 0.1) is 0 Å². The number of hydrogen-bond acceptors (Lipinski definition) is 4. The van der Waals surface area contributed by atoms with E-state index < -0.39 is 12.1 Å². The Morgan fingerprint density at radius 3 is 1.19 bits per heavy atom. The molecule has 1 aliphatic rings. The van der Waals surface area contributed by atoms with Gasteiger partial charge < -0.3 is 20.3 Å². The van der Waals surface area contributed by atoms with E-state index in [0.29, 0.717) is 6.42 Å². The van der Waals surface area contributed by atoms with Gasteiger partial charge >= 0.3 is 0 Å². The lowest BCUT2D eigenvalue weighted by Crippen LogP contribution is -2.46. The third kappa shape index (κ3) is 27.8. The highest BCUT2D eigenvalue weighted by molar-refractivity contribution is 5.80. The van der Waals surface area contributed by atoms with Crippen molar-refractivity contribution in [2.75, 3.05) is 6.61 Å². The summed E-state index contributed by atoms with van der Waals surface area (Å²) in [5.74, 6) is -0.360. The van der Waals surface area contributed by atoms with Gasteiger partial charge in [-0.15, -0.1) is 0 Å². The van der Waals surface area contributed by atoms with Gasteiger partial charge in [-0.05, 0) is 12.8 Å². The minimum absolute atomic E-state index is 0.108. The van der Waals surface area contributed by atoms with Crippen LogP contribution in [-0.4, -0.2) is 47.1 Å². The Hall–Kier alpha value is -0.650. The molecule has 0 spiro atoms. The Labute approximate surface area is 293 Å². The smallest absolute Gasteiger partial charge is 0.249 e. The molecule has 0 radical (unpaired) electrons. The van der Waals surface area contributed by atoms with Gasteiger partial charge in [0.15, 0.2) is 0 Å². The quantitative estimate of drug-likeness (QED) is 0.0453. The summed E-state index contributed by atoms with van der Waals surface area (Å²) in [4.78, 5) is 12.5. The van der Waals surface area contributed by atoms with Crippen molar-refractivity contribution in [2.45, 2.75) is 257 Å². The SMILES string of the molecule is CCCCCCCCCCCCCCCCCCCCCC[C@H](O)C(=O)N[C@@H](CO)[C@@H]1O[C@@H]1CCCCCCCCCCCCCC. The molecule has 280 valence electrons. The number of unbranched alkanes of at least 4 members (excludes halogenated alkanes) is 30. The van der Waals surface area contributed by atoms with Gasteiger partial charge in [-0.1, -0.05) is 219 Å². The van der Waals surface area contributed by atoms with E-state index in [-0.39, 0.29) is 24.7 Å². The van der Waals surface area contributed by atoms with Gasteiger partial charge in [0.1, 0.15) is 12.2 Å². The highest BCUT2D eigenvalue weighted by atomic mass is 16.6. The lowest BCUT2D eigenvalue weighted by atomic mass is 10.0. The average Bonchev–Trinajstić information content (AvgIpc) is 3.85. The fraction of sp³-hybridized carbons (Fsp3) is 0.976. The Bertz CT molecular complexity index is 659. The fourth-order valence-electron chi connectivity index (χ4n) is 7.16. The average molecular weight is 666 g/mol. The largest absolute Gasteiger partial charge is 0.394 e. The number of amides is 1. The van der Waals surface area contributed by atoms with Crippen molar-refractivity contribution < 1.29 is 19.7 Å². The summed E-state index contributed by atoms with van der Waals surface area (Å²) in [7, 11) is 0. The molecule has 47 heavy (non-hydrogen) atoms. The monoisotopic (exact) mass is 666 g/mol. The minimum atomic E-state index is -0.992. The fourth-order valence-corrected chi connectivity index (χ4v) is 7.16. The first-order valence-corrected chi connectivity index (χ1v) is 21.4. The molecule has 4 atom stereocenters. The summed E-state index contributed by atoms with van der Waals surface area (Å²) in [6.45, 7) is 4.42. The second kappa shape index (κ2) is 33.8. The van der Waals surface area contributed by atoms with E-state index in [9.17, 15) is 15.0 Å². The van der Waals surface area contributed by atoms with Crippen LogP contribution in [0.5, 0.6) is 0 Å². The number of carbonyl (C=O) groups is 1. The number of nitrogens with one attached hydrogen (secondary N) is 1. The van der Waals surface area contributed by atoms with Crippen LogP contribution in [0.4, 0.5) is 0 Å². The van der Waals surface area contributed by atoms with E-state index >= 15 is 0 Å². The van der Waals surface area contributed by atoms with E-state index in [1.807, 2.05) is 0 Å². The molecule has 1 heterocycles. The predicted octanol–water partition coefficient (Wildman–Crippen LogP) is 11.9. The van der Waals surface area contributed by atoms with E-state index in [2.05, 4.69) is 19.2 Å². The van der Waals surface area contributed by atoms with Crippen LogP contribution in [0.15, 0.2) is 0 Å². The normalized spacial score (nSPS) is 17.2. The van der Waals surface area contributed by atoms with Gasteiger partial charge in [-0.3, -0.25) is 4.79 Å². The van der Waals surface area contributed by atoms with Gasteiger partial charge in [0.25, 0.3) is 0 Å². The molecule has 1 rings (SSSR count). The molecule has 5 heteroatoms. The summed E-state index contributed by atoms with van der Waals surface area (Å²) in [5, 5.41) is 23.1. The van der Waals surface area contributed by atoms with Crippen LogP contribution in [0.25, 0.3) is 0 Å². The summed E-state index contributed by atoms with van der Waals surface area (Å²) < 4.78 is 5.80. The first-order valence-electron chi connectivity index (χ1n) is 21.4. The van der Waals surface area contributed by atoms with Crippen molar-refractivity contribution in [3.63, 3.8) is 0 Å². The lowest BCUT2D eigenvalue weighted by molar-refractivity contribution is -0.130. The number of hydrogen-bond donors (Lipinski definition) is 3. The van der Waals surface area contributed by atoms with E-state index in [0.717, 1.165) is 25.7 Å². The molecular weight excluding hydrogens is 582 g/mol. The molecule has 3 N–H and O–H groups in total. The van der Waals surface area contributed by atoms with Gasteiger partial charge in [0.05, 0.1) is 18.8 Å². The Morgan fingerprint density at radius 2 is 0.851 bits per heavy atom. The molecule has 0 aromatic carbocycles. The number of ether oxygens (including phenoxy) is 1. The van der Waals surface area contributed by atoms with Crippen LogP contribution in [0.3, 0.4) is 0 Å². The van der Waals surface area contributed by atoms with Crippen molar-refractivity contribution >= 4 is 5.91 Å². The van der Waals surface area contributed by atoms with Crippen molar-refractivity contribution in [2.24, 2.45) is 0 Å².